The van der Waals surface area contributed by atoms with Crippen LogP contribution in [0.2, 0.25) is 5.04 Å². The van der Waals surface area contributed by atoms with Crippen molar-refractivity contribution in [3.05, 3.63) is 115 Å². The Morgan fingerprint density at radius 3 is 1.95 bits per heavy atom. The van der Waals surface area contributed by atoms with Gasteiger partial charge in [-0.1, -0.05) is 113 Å². The maximum atomic E-state index is 14.4. The molecule has 1 atom stereocenters. The van der Waals surface area contributed by atoms with Crippen LogP contribution in [0.1, 0.15) is 38.1 Å². The number of halogens is 1. The van der Waals surface area contributed by atoms with Crippen molar-refractivity contribution in [2.24, 2.45) is 5.92 Å². The van der Waals surface area contributed by atoms with Gasteiger partial charge < -0.3 is 14.3 Å². The minimum atomic E-state index is -2.65. The molecule has 39 heavy (non-hydrogen) atoms. The van der Waals surface area contributed by atoms with Gasteiger partial charge in [-0.05, 0) is 39.2 Å². The lowest BCUT2D eigenvalue weighted by molar-refractivity contribution is 0.0692. The van der Waals surface area contributed by atoms with E-state index in [0.717, 1.165) is 0 Å². The summed E-state index contributed by atoms with van der Waals surface area (Å²) < 4.78 is 27.7. The molecule has 0 amide bonds. The SMILES string of the molecule is C[C@@H](COc1ccccc1-c1ccc(C(=O)O)c(F)c1)CO[Si](c1ccccc1)(c1ccccc1)C(C)(C)C. The molecule has 0 saturated carbocycles. The van der Waals surface area contributed by atoms with E-state index in [1.165, 1.54) is 22.5 Å². The largest absolute Gasteiger partial charge is 0.493 e. The van der Waals surface area contributed by atoms with Gasteiger partial charge in [-0.3, -0.25) is 0 Å². The zero-order valence-corrected chi connectivity index (χ0v) is 23.9. The molecule has 1 N–H and O–H groups in total. The number of hydrogen-bond acceptors (Lipinski definition) is 3. The van der Waals surface area contributed by atoms with E-state index in [2.05, 4.69) is 76.2 Å². The molecule has 0 aliphatic carbocycles. The van der Waals surface area contributed by atoms with E-state index in [0.29, 0.717) is 30.1 Å². The highest BCUT2D eigenvalue weighted by Gasteiger charge is 2.50. The van der Waals surface area contributed by atoms with Crippen LogP contribution in [0.4, 0.5) is 4.39 Å². The third-order valence-corrected chi connectivity index (χ3v) is 11.9. The van der Waals surface area contributed by atoms with Crippen molar-refractivity contribution in [1.82, 2.24) is 0 Å². The summed E-state index contributed by atoms with van der Waals surface area (Å²) in [7, 11) is -2.65. The average Bonchev–Trinajstić information content (AvgIpc) is 2.92. The molecule has 0 bridgehead atoms. The average molecular weight is 543 g/mol. The molecule has 4 aromatic carbocycles. The van der Waals surface area contributed by atoms with Crippen LogP contribution in [-0.4, -0.2) is 32.6 Å². The molecule has 202 valence electrons. The standard InChI is InChI=1S/C33H35FO4Si/c1-24(22-37-31-18-12-11-17-28(31)25-19-20-29(32(35)36)30(34)21-25)23-38-39(33(2,3)4,26-13-7-5-8-14-26)27-15-9-6-10-16-27/h5-21,24H,22-23H2,1-4H3,(H,35,36)/t24-/m0/s1. The normalized spacial score (nSPS) is 12.6. The van der Waals surface area contributed by atoms with Crippen molar-refractivity contribution < 1.29 is 23.5 Å². The van der Waals surface area contributed by atoms with Gasteiger partial charge in [0.1, 0.15) is 11.6 Å². The molecule has 4 aromatic rings. The predicted octanol–water partition coefficient (Wildman–Crippen LogP) is 6.78. The quantitative estimate of drug-likeness (QED) is 0.224. The number of hydrogen-bond donors (Lipinski definition) is 1. The number of rotatable bonds is 10. The van der Waals surface area contributed by atoms with Crippen molar-refractivity contribution in [2.75, 3.05) is 13.2 Å². The van der Waals surface area contributed by atoms with Crippen molar-refractivity contribution in [2.45, 2.75) is 32.7 Å². The molecule has 0 heterocycles. The van der Waals surface area contributed by atoms with Crippen LogP contribution in [0.15, 0.2) is 103 Å². The summed E-state index contributed by atoms with van der Waals surface area (Å²) in [6.07, 6.45) is 0. The number of ether oxygens (including phenoxy) is 1. The van der Waals surface area contributed by atoms with E-state index in [1.807, 2.05) is 36.4 Å². The highest BCUT2D eigenvalue weighted by Crippen LogP contribution is 2.37. The Morgan fingerprint density at radius 2 is 1.41 bits per heavy atom. The Morgan fingerprint density at radius 1 is 0.846 bits per heavy atom. The summed E-state index contributed by atoms with van der Waals surface area (Å²) in [5, 5.41) is 11.5. The molecule has 0 unspecified atom stereocenters. The summed E-state index contributed by atoms with van der Waals surface area (Å²) in [6, 6.07) is 32.6. The Hall–Kier alpha value is -3.74. The van der Waals surface area contributed by atoms with Crippen molar-refractivity contribution in [3.63, 3.8) is 0 Å². The Labute approximate surface area is 231 Å². The monoisotopic (exact) mass is 542 g/mol. The first-order valence-corrected chi connectivity index (χ1v) is 15.0. The second kappa shape index (κ2) is 12.0. The fourth-order valence-electron chi connectivity index (χ4n) is 5.00. The molecule has 6 heteroatoms. The molecule has 4 nitrogen and oxygen atoms in total. The third-order valence-electron chi connectivity index (χ3n) is 6.92. The lowest BCUT2D eigenvalue weighted by atomic mass is 10.0. The first-order valence-electron chi connectivity index (χ1n) is 13.1. The predicted molar refractivity (Wildman–Crippen MR) is 157 cm³/mol. The number of carboxylic acid groups (broad SMARTS) is 1. The molecule has 0 spiro atoms. The van der Waals surface area contributed by atoms with Crippen LogP contribution < -0.4 is 15.1 Å². The summed E-state index contributed by atoms with van der Waals surface area (Å²) in [5.74, 6) is -1.39. The Balaban J connectivity index is 1.55. The second-order valence-corrected chi connectivity index (χ2v) is 15.2. The highest BCUT2D eigenvalue weighted by atomic mass is 28.4. The van der Waals surface area contributed by atoms with Gasteiger partial charge in [0.05, 0.1) is 12.2 Å². The molecule has 0 radical (unpaired) electrons. The first kappa shape index (κ1) is 28.3. The Bertz CT molecular complexity index is 1360. The van der Waals surface area contributed by atoms with Crippen LogP contribution in [-0.2, 0) is 4.43 Å². The molecule has 0 fully saturated rings. The Kier molecular flexibility index (Phi) is 8.68. The smallest absolute Gasteiger partial charge is 0.338 e. The van der Waals surface area contributed by atoms with Gasteiger partial charge in [0.25, 0.3) is 8.32 Å². The molecule has 4 rings (SSSR count). The van der Waals surface area contributed by atoms with Crippen molar-refractivity contribution in [3.8, 4) is 16.9 Å². The fraction of sp³-hybridized carbons (Fsp3) is 0.242. The number of carbonyl (C=O) groups is 1. The van der Waals surface area contributed by atoms with Crippen LogP contribution in [0.3, 0.4) is 0 Å². The van der Waals surface area contributed by atoms with E-state index in [4.69, 9.17) is 14.3 Å². The zero-order chi connectivity index (χ0) is 28.0. The van der Waals surface area contributed by atoms with Gasteiger partial charge in [-0.15, -0.1) is 0 Å². The summed E-state index contributed by atoms with van der Waals surface area (Å²) in [4.78, 5) is 11.2. The van der Waals surface area contributed by atoms with Crippen LogP contribution in [0.5, 0.6) is 5.75 Å². The summed E-state index contributed by atoms with van der Waals surface area (Å²) in [5.41, 5.74) is 0.906. The van der Waals surface area contributed by atoms with Gasteiger partial charge in [0, 0.05) is 18.1 Å². The maximum Gasteiger partial charge on any atom is 0.338 e. The van der Waals surface area contributed by atoms with Crippen LogP contribution in [0, 0.1) is 11.7 Å². The number of aromatic carboxylic acids is 1. The van der Waals surface area contributed by atoms with Crippen molar-refractivity contribution in [1.29, 1.82) is 0 Å². The van der Waals surface area contributed by atoms with Gasteiger partial charge in [0.2, 0.25) is 0 Å². The number of carboxylic acids is 1. The zero-order valence-electron chi connectivity index (χ0n) is 22.9. The minimum absolute atomic E-state index is 0.0748. The number of para-hydroxylation sites is 1. The topological polar surface area (TPSA) is 55.8 Å². The maximum absolute atomic E-state index is 14.4. The molecule has 0 aliphatic rings. The minimum Gasteiger partial charge on any atom is -0.493 e. The van der Waals surface area contributed by atoms with Crippen LogP contribution >= 0.6 is 0 Å². The molecular weight excluding hydrogens is 507 g/mol. The first-order chi connectivity index (χ1) is 18.6. The molecular formula is C33H35FO4Si. The lowest BCUT2D eigenvalue weighted by Crippen LogP contribution is -2.66. The van der Waals surface area contributed by atoms with E-state index in [9.17, 15) is 9.18 Å². The van der Waals surface area contributed by atoms with E-state index in [-0.39, 0.29) is 16.5 Å². The van der Waals surface area contributed by atoms with E-state index >= 15 is 0 Å². The lowest BCUT2D eigenvalue weighted by Gasteiger charge is -2.43. The van der Waals surface area contributed by atoms with Gasteiger partial charge in [-0.25, -0.2) is 9.18 Å². The van der Waals surface area contributed by atoms with Gasteiger partial charge in [0.15, 0.2) is 0 Å². The second-order valence-electron chi connectivity index (χ2n) is 10.9. The van der Waals surface area contributed by atoms with Gasteiger partial charge in [-0.2, -0.15) is 0 Å². The van der Waals surface area contributed by atoms with Gasteiger partial charge >= 0.3 is 5.97 Å². The molecule has 0 aromatic heterocycles. The highest BCUT2D eigenvalue weighted by molar-refractivity contribution is 6.99. The van der Waals surface area contributed by atoms with Crippen LogP contribution in [0.25, 0.3) is 11.1 Å². The summed E-state index contributed by atoms with van der Waals surface area (Å²) >= 11 is 0. The molecule has 0 saturated heterocycles. The van der Waals surface area contributed by atoms with E-state index in [1.54, 1.807) is 6.07 Å². The fourth-order valence-corrected chi connectivity index (χ4v) is 9.69. The van der Waals surface area contributed by atoms with E-state index < -0.39 is 20.1 Å². The molecule has 0 aliphatic heterocycles. The summed E-state index contributed by atoms with van der Waals surface area (Å²) in [6.45, 7) is 9.78. The number of benzene rings is 4. The van der Waals surface area contributed by atoms with Crippen molar-refractivity contribution >= 4 is 24.7 Å². The third kappa shape index (κ3) is 6.13.